The van der Waals surface area contributed by atoms with E-state index in [4.69, 9.17) is 11.6 Å². The third kappa shape index (κ3) is 1.12. The third-order valence-electron chi connectivity index (χ3n) is 1.93. The minimum atomic E-state index is -0.776. The molecule has 0 amide bonds. The van der Waals surface area contributed by atoms with Gasteiger partial charge in [0.25, 0.3) is 0 Å². The molecular formula is C7H11ClO. The molecule has 1 nitrogen and oxygen atoms in total. The summed E-state index contributed by atoms with van der Waals surface area (Å²) in [6.45, 7) is 3.53. The van der Waals surface area contributed by atoms with Gasteiger partial charge in [-0.3, -0.25) is 0 Å². The lowest BCUT2D eigenvalue weighted by Crippen LogP contribution is -2.30. The van der Waals surface area contributed by atoms with E-state index < -0.39 is 5.60 Å². The van der Waals surface area contributed by atoms with Crippen molar-refractivity contribution in [2.75, 3.05) is 0 Å². The summed E-state index contributed by atoms with van der Waals surface area (Å²) in [5, 5.41) is 9.40. The van der Waals surface area contributed by atoms with Crippen LogP contribution in [0.4, 0.5) is 0 Å². The molecular weight excluding hydrogens is 136 g/mol. The Morgan fingerprint density at radius 1 is 1.78 bits per heavy atom. The Labute approximate surface area is 60.3 Å². The van der Waals surface area contributed by atoms with Gasteiger partial charge in [0.1, 0.15) is 0 Å². The number of aliphatic hydroxyl groups is 1. The first-order chi connectivity index (χ1) is 4.19. The van der Waals surface area contributed by atoms with Crippen molar-refractivity contribution in [3.8, 4) is 0 Å². The molecule has 52 valence electrons. The molecule has 0 saturated heterocycles. The lowest BCUT2D eigenvalue weighted by Gasteiger charge is -2.20. The predicted molar refractivity (Wildman–Crippen MR) is 38.6 cm³/mol. The quantitative estimate of drug-likeness (QED) is 0.441. The lowest BCUT2D eigenvalue weighted by atomic mass is 10.0. The Morgan fingerprint density at radius 3 is 2.67 bits per heavy atom. The summed E-state index contributed by atoms with van der Waals surface area (Å²) >= 11 is 5.80. The number of halogens is 1. The first-order valence-electron chi connectivity index (χ1n) is 3.19. The van der Waals surface area contributed by atoms with Crippen molar-refractivity contribution >= 4 is 11.6 Å². The average molecular weight is 147 g/mol. The Morgan fingerprint density at radius 2 is 2.44 bits per heavy atom. The molecule has 0 radical (unpaired) electrons. The lowest BCUT2D eigenvalue weighted by molar-refractivity contribution is 0.103. The molecule has 1 saturated carbocycles. The van der Waals surface area contributed by atoms with Gasteiger partial charge in [0, 0.05) is 0 Å². The molecule has 0 unspecified atom stereocenters. The van der Waals surface area contributed by atoms with E-state index in [9.17, 15) is 5.11 Å². The highest BCUT2D eigenvalue weighted by atomic mass is 35.5. The normalized spacial score (nSPS) is 43.1. The van der Waals surface area contributed by atoms with Gasteiger partial charge in [0.2, 0.25) is 0 Å². The Balaban J connectivity index is 2.66. The van der Waals surface area contributed by atoms with Crippen molar-refractivity contribution in [1.29, 1.82) is 0 Å². The Bertz CT molecular complexity index is 124. The highest BCUT2D eigenvalue weighted by Crippen LogP contribution is 2.34. The molecule has 0 spiro atoms. The van der Waals surface area contributed by atoms with E-state index in [0.29, 0.717) is 0 Å². The zero-order valence-electron chi connectivity index (χ0n) is 5.31. The van der Waals surface area contributed by atoms with Crippen molar-refractivity contribution in [2.45, 2.75) is 30.2 Å². The van der Waals surface area contributed by atoms with Gasteiger partial charge in [-0.15, -0.1) is 18.2 Å². The van der Waals surface area contributed by atoms with Gasteiger partial charge < -0.3 is 5.11 Å². The van der Waals surface area contributed by atoms with E-state index in [1.54, 1.807) is 6.08 Å². The van der Waals surface area contributed by atoms with E-state index in [1.165, 1.54) is 0 Å². The molecule has 0 heterocycles. The number of rotatable bonds is 1. The van der Waals surface area contributed by atoms with Crippen LogP contribution in [0.3, 0.4) is 0 Å². The van der Waals surface area contributed by atoms with Crippen LogP contribution in [-0.2, 0) is 0 Å². The molecule has 1 aliphatic carbocycles. The van der Waals surface area contributed by atoms with Gasteiger partial charge >= 0.3 is 0 Å². The first kappa shape index (κ1) is 7.10. The second-order valence-corrected chi connectivity index (χ2v) is 3.08. The van der Waals surface area contributed by atoms with E-state index >= 15 is 0 Å². The van der Waals surface area contributed by atoms with Crippen LogP contribution < -0.4 is 0 Å². The Kier molecular flexibility index (Phi) is 1.83. The van der Waals surface area contributed by atoms with Crippen LogP contribution in [0.15, 0.2) is 12.7 Å². The van der Waals surface area contributed by atoms with Crippen LogP contribution in [0.2, 0.25) is 0 Å². The molecule has 1 fully saturated rings. The minimum absolute atomic E-state index is 0.116. The van der Waals surface area contributed by atoms with Crippen molar-refractivity contribution < 1.29 is 5.11 Å². The van der Waals surface area contributed by atoms with Crippen LogP contribution in [0, 0.1) is 0 Å². The monoisotopic (exact) mass is 146 g/mol. The van der Waals surface area contributed by atoms with Gasteiger partial charge in [-0.1, -0.05) is 6.08 Å². The SMILES string of the molecule is C=C[C@]1(O)CCC[C@@H]1Cl. The predicted octanol–water partition coefficient (Wildman–Crippen LogP) is 1.69. The smallest absolute Gasteiger partial charge is 0.0987 e. The Hall–Kier alpha value is -0.0100. The first-order valence-corrected chi connectivity index (χ1v) is 3.63. The molecule has 1 N–H and O–H groups in total. The zero-order valence-corrected chi connectivity index (χ0v) is 6.06. The van der Waals surface area contributed by atoms with Crippen LogP contribution in [0.1, 0.15) is 19.3 Å². The summed E-state index contributed by atoms with van der Waals surface area (Å²) in [7, 11) is 0. The standard InChI is InChI=1S/C7H11ClO/c1-2-7(9)5-3-4-6(7)8/h2,6,9H,1,3-5H2/t6-,7-/m0/s1. The molecule has 0 aromatic rings. The van der Waals surface area contributed by atoms with Crippen molar-refractivity contribution in [3.63, 3.8) is 0 Å². The van der Waals surface area contributed by atoms with Crippen LogP contribution >= 0.6 is 11.6 Å². The molecule has 0 bridgehead atoms. The van der Waals surface area contributed by atoms with Crippen LogP contribution in [0.25, 0.3) is 0 Å². The van der Waals surface area contributed by atoms with E-state index in [-0.39, 0.29) is 5.38 Å². The maximum absolute atomic E-state index is 9.52. The van der Waals surface area contributed by atoms with E-state index in [0.717, 1.165) is 19.3 Å². The minimum Gasteiger partial charge on any atom is -0.384 e. The van der Waals surface area contributed by atoms with Gasteiger partial charge in [-0.25, -0.2) is 0 Å². The topological polar surface area (TPSA) is 20.2 Å². The largest absolute Gasteiger partial charge is 0.384 e. The second kappa shape index (κ2) is 2.31. The van der Waals surface area contributed by atoms with Crippen molar-refractivity contribution in [1.82, 2.24) is 0 Å². The highest BCUT2D eigenvalue weighted by molar-refractivity contribution is 6.21. The van der Waals surface area contributed by atoms with Crippen LogP contribution in [-0.4, -0.2) is 16.1 Å². The average Bonchev–Trinajstić information content (AvgIpc) is 2.15. The number of alkyl halides is 1. The molecule has 2 heteroatoms. The summed E-state index contributed by atoms with van der Waals surface area (Å²) < 4.78 is 0. The highest BCUT2D eigenvalue weighted by Gasteiger charge is 2.36. The fourth-order valence-corrected chi connectivity index (χ4v) is 1.55. The van der Waals surface area contributed by atoms with E-state index in [1.807, 2.05) is 0 Å². The molecule has 0 aromatic heterocycles. The van der Waals surface area contributed by atoms with Crippen molar-refractivity contribution in [3.05, 3.63) is 12.7 Å². The van der Waals surface area contributed by atoms with Crippen molar-refractivity contribution in [2.24, 2.45) is 0 Å². The molecule has 0 aromatic carbocycles. The van der Waals surface area contributed by atoms with Gasteiger partial charge in [-0.05, 0) is 19.3 Å². The summed E-state index contributed by atoms with van der Waals surface area (Å²) in [6, 6.07) is 0. The molecule has 1 aliphatic rings. The summed E-state index contributed by atoms with van der Waals surface area (Å²) in [6.07, 6.45) is 4.24. The maximum atomic E-state index is 9.52. The molecule has 9 heavy (non-hydrogen) atoms. The summed E-state index contributed by atoms with van der Waals surface area (Å²) in [4.78, 5) is 0. The number of hydrogen-bond donors (Lipinski definition) is 1. The van der Waals surface area contributed by atoms with Crippen LogP contribution in [0.5, 0.6) is 0 Å². The maximum Gasteiger partial charge on any atom is 0.0987 e. The second-order valence-electron chi connectivity index (χ2n) is 2.56. The molecule has 2 atom stereocenters. The third-order valence-corrected chi connectivity index (χ3v) is 2.53. The summed E-state index contributed by atoms with van der Waals surface area (Å²) in [5.74, 6) is 0. The van der Waals surface area contributed by atoms with Gasteiger partial charge in [0.05, 0.1) is 11.0 Å². The molecule has 1 rings (SSSR count). The van der Waals surface area contributed by atoms with Gasteiger partial charge in [-0.2, -0.15) is 0 Å². The van der Waals surface area contributed by atoms with E-state index in [2.05, 4.69) is 6.58 Å². The fourth-order valence-electron chi connectivity index (χ4n) is 1.20. The zero-order chi connectivity index (χ0) is 6.91. The summed E-state index contributed by atoms with van der Waals surface area (Å²) in [5.41, 5.74) is -0.776. The molecule has 0 aliphatic heterocycles. The number of hydrogen-bond acceptors (Lipinski definition) is 1. The van der Waals surface area contributed by atoms with Gasteiger partial charge in [0.15, 0.2) is 0 Å². The fraction of sp³-hybridized carbons (Fsp3) is 0.714.